The third-order valence-corrected chi connectivity index (χ3v) is 4.82. The Bertz CT molecular complexity index is 350. The molecule has 0 aromatic rings. The molecule has 2 aliphatic heterocycles. The van der Waals surface area contributed by atoms with E-state index in [0.29, 0.717) is 23.9 Å². The predicted molar refractivity (Wildman–Crippen MR) is 87.6 cm³/mol. The normalized spacial score (nSPS) is 32.3. The second-order valence-corrected chi connectivity index (χ2v) is 6.71. The molecule has 0 unspecified atom stereocenters. The van der Waals surface area contributed by atoms with E-state index in [4.69, 9.17) is 4.74 Å². The lowest BCUT2D eigenvalue weighted by molar-refractivity contribution is -0.136. The monoisotopic (exact) mass is 312 g/mol. The Hall–Kier alpha value is -1.26. The predicted octanol–water partition coefficient (Wildman–Crippen LogP) is 3.28. The van der Waals surface area contributed by atoms with Crippen LogP contribution in [0.5, 0.6) is 0 Å². The van der Waals surface area contributed by atoms with Crippen molar-refractivity contribution in [3.05, 3.63) is 0 Å². The van der Waals surface area contributed by atoms with Gasteiger partial charge in [0.1, 0.15) is 6.10 Å². The van der Waals surface area contributed by atoms with Crippen molar-refractivity contribution in [2.45, 2.75) is 78.0 Å². The summed E-state index contributed by atoms with van der Waals surface area (Å²) in [6.45, 7) is 8.33. The summed E-state index contributed by atoms with van der Waals surface area (Å²) in [6, 6.07) is 0.859. The van der Waals surface area contributed by atoms with Crippen LogP contribution in [-0.2, 0) is 9.53 Å². The summed E-state index contributed by atoms with van der Waals surface area (Å²) >= 11 is 0. The second-order valence-electron chi connectivity index (χ2n) is 6.71. The molecule has 0 aromatic carbocycles. The number of nitrogens with zero attached hydrogens (tertiary/aromatic N) is 2. The molecule has 0 aromatic heterocycles. The summed E-state index contributed by atoms with van der Waals surface area (Å²) in [5.41, 5.74) is 0. The molecule has 2 heterocycles. The average molecular weight is 312 g/mol. The van der Waals surface area contributed by atoms with E-state index in [0.717, 1.165) is 25.7 Å². The zero-order valence-corrected chi connectivity index (χ0v) is 15.0. The molecule has 2 amide bonds. The lowest BCUT2D eigenvalue weighted by Gasteiger charge is -2.35. The van der Waals surface area contributed by atoms with Crippen molar-refractivity contribution in [3.8, 4) is 0 Å². The smallest absolute Gasteiger partial charge is 0.410 e. The van der Waals surface area contributed by atoms with Crippen molar-refractivity contribution in [1.29, 1.82) is 0 Å². The SMILES string of the molecule is CC[C@H]1C[C@@H](C)CC(=O)N1C.CC[C@H]1C[C@H](C)OC(=O)N1C. The van der Waals surface area contributed by atoms with E-state index in [1.807, 2.05) is 18.9 Å². The summed E-state index contributed by atoms with van der Waals surface area (Å²) in [5.74, 6) is 0.902. The Morgan fingerprint density at radius 2 is 1.55 bits per heavy atom. The maximum absolute atomic E-state index is 11.3. The summed E-state index contributed by atoms with van der Waals surface area (Å²) in [6.07, 6.45) is 4.88. The highest BCUT2D eigenvalue weighted by Crippen LogP contribution is 2.23. The van der Waals surface area contributed by atoms with Crippen molar-refractivity contribution in [2.75, 3.05) is 14.1 Å². The van der Waals surface area contributed by atoms with Crippen LogP contribution in [0, 0.1) is 5.92 Å². The van der Waals surface area contributed by atoms with Crippen molar-refractivity contribution < 1.29 is 14.3 Å². The van der Waals surface area contributed by atoms with E-state index in [1.54, 1.807) is 11.9 Å². The molecule has 128 valence electrons. The van der Waals surface area contributed by atoms with Gasteiger partial charge < -0.3 is 14.5 Å². The number of rotatable bonds is 2. The van der Waals surface area contributed by atoms with Crippen molar-refractivity contribution in [2.24, 2.45) is 5.92 Å². The number of piperidine rings is 1. The number of hydrogen-bond acceptors (Lipinski definition) is 3. The lowest BCUT2D eigenvalue weighted by atomic mass is 9.91. The van der Waals surface area contributed by atoms with Crippen LogP contribution >= 0.6 is 0 Å². The first-order chi connectivity index (χ1) is 10.3. The van der Waals surface area contributed by atoms with Crippen molar-refractivity contribution in [3.63, 3.8) is 0 Å². The van der Waals surface area contributed by atoms with E-state index in [1.165, 1.54) is 6.42 Å². The van der Waals surface area contributed by atoms with Crippen molar-refractivity contribution in [1.82, 2.24) is 9.80 Å². The van der Waals surface area contributed by atoms with Crippen LogP contribution in [0.1, 0.15) is 59.8 Å². The van der Waals surface area contributed by atoms with Gasteiger partial charge >= 0.3 is 6.09 Å². The Kier molecular flexibility index (Phi) is 7.17. The molecule has 22 heavy (non-hydrogen) atoms. The molecular formula is C17H32N2O3. The molecule has 0 radical (unpaired) electrons. The molecule has 5 heteroatoms. The minimum atomic E-state index is -0.185. The van der Waals surface area contributed by atoms with E-state index in [2.05, 4.69) is 20.8 Å². The third-order valence-electron chi connectivity index (χ3n) is 4.82. The largest absolute Gasteiger partial charge is 0.446 e. The van der Waals surface area contributed by atoms with Crippen molar-refractivity contribution >= 4 is 12.0 Å². The fourth-order valence-corrected chi connectivity index (χ4v) is 3.23. The zero-order chi connectivity index (χ0) is 16.9. The van der Waals surface area contributed by atoms with Crippen LogP contribution in [0.3, 0.4) is 0 Å². The molecule has 0 N–H and O–H groups in total. The van der Waals surface area contributed by atoms with Gasteiger partial charge in [0.05, 0.1) is 0 Å². The van der Waals surface area contributed by atoms with Crippen LogP contribution < -0.4 is 0 Å². The number of carbonyl (C=O) groups excluding carboxylic acids is 2. The fraction of sp³-hybridized carbons (Fsp3) is 0.882. The molecule has 0 saturated carbocycles. The van der Waals surface area contributed by atoms with Crippen LogP contribution in [-0.4, -0.2) is 54.1 Å². The maximum Gasteiger partial charge on any atom is 0.410 e. The number of ether oxygens (including phenoxy) is 1. The molecule has 5 nitrogen and oxygen atoms in total. The molecule has 2 rings (SSSR count). The minimum absolute atomic E-state index is 0.0867. The highest BCUT2D eigenvalue weighted by molar-refractivity contribution is 5.77. The summed E-state index contributed by atoms with van der Waals surface area (Å²) in [7, 11) is 3.71. The number of amides is 2. The maximum atomic E-state index is 11.3. The van der Waals surface area contributed by atoms with E-state index >= 15 is 0 Å². The summed E-state index contributed by atoms with van der Waals surface area (Å²) in [5, 5.41) is 0. The Morgan fingerprint density at radius 1 is 1.00 bits per heavy atom. The van der Waals surface area contributed by atoms with E-state index in [9.17, 15) is 9.59 Å². The summed E-state index contributed by atoms with van der Waals surface area (Å²) in [4.78, 5) is 26.0. The van der Waals surface area contributed by atoms with Gasteiger partial charge in [-0.3, -0.25) is 4.79 Å². The highest BCUT2D eigenvalue weighted by Gasteiger charge is 2.29. The van der Waals surface area contributed by atoms with Gasteiger partial charge in [-0.25, -0.2) is 4.79 Å². The second kappa shape index (κ2) is 8.39. The van der Waals surface area contributed by atoms with Gasteiger partial charge in [-0.15, -0.1) is 0 Å². The van der Waals surface area contributed by atoms with Gasteiger partial charge in [0.15, 0.2) is 0 Å². The first kappa shape index (κ1) is 18.8. The summed E-state index contributed by atoms with van der Waals surface area (Å²) < 4.78 is 5.02. The average Bonchev–Trinajstić information content (AvgIpc) is 2.47. The van der Waals surface area contributed by atoms with Gasteiger partial charge in [0.2, 0.25) is 5.91 Å². The lowest BCUT2D eigenvalue weighted by Crippen LogP contribution is -2.45. The van der Waals surface area contributed by atoms with Gasteiger partial charge in [-0.2, -0.15) is 0 Å². The van der Waals surface area contributed by atoms with E-state index in [-0.39, 0.29) is 12.2 Å². The number of hydrogen-bond donors (Lipinski definition) is 0. The molecule has 4 atom stereocenters. The topological polar surface area (TPSA) is 49.9 Å². The molecule has 0 spiro atoms. The van der Waals surface area contributed by atoms with Crippen LogP contribution in [0.25, 0.3) is 0 Å². The number of cyclic esters (lactones) is 1. The standard InChI is InChI=1S/C9H17NO.C8H15NO2/c1-4-8-5-7(2)6-9(11)10(8)3;1-4-7-5-6(2)11-8(10)9(7)3/h7-8H,4-6H2,1-3H3;6-7H,4-5H2,1-3H3/t7-,8+;6-,7-/m10/s1. The number of likely N-dealkylation sites (tertiary alicyclic amines) is 1. The van der Waals surface area contributed by atoms with E-state index < -0.39 is 0 Å². The molecular weight excluding hydrogens is 280 g/mol. The van der Waals surface area contributed by atoms with Crippen LogP contribution in [0.15, 0.2) is 0 Å². The number of carbonyl (C=O) groups is 2. The molecule has 2 fully saturated rings. The van der Waals surface area contributed by atoms with Crippen LogP contribution in [0.2, 0.25) is 0 Å². The van der Waals surface area contributed by atoms with Gasteiger partial charge in [0, 0.05) is 39.0 Å². The Balaban J connectivity index is 0.000000220. The zero-order valence-electron chi connectivity index (χ0n) is 15.0. The Morgan fingerprint density at radius 3 is 2.09 bits per heavy atom. The first-order valence-electron chi connectivity index (χ1n) is 8.49. The quantitative estimate of drug-likeness (QED) is 0.786. The molecule has 0 aliphatic carbocycles. The molecule has 2 aliphatic rings. The molecule has 0 bridgehead atoms. The highest BCUT2D eigenvalue weighted by atomic mass is 16.6. The Labute approximate surface area is 135 Å². The van der Waals surface area contributed by atoms with Crippen LogP contribution in [0.4, 0.5) is 4.79 Å². The third kappa shape index (κ3) is 4.89. The van der Waals surface area contributed by atoms with Gasteiger partial charge in [-0.05, 0) is 32.1 Å². The van der Waals surface area contributed by atoms with Gasteiger partial charge in [-0.1, -0.05) is 20.8 Å². The molecule has 2 saturated heterocycles. The van der Waals surface area contributed by atoms with Gasteiger partial charge in [0.25, 0.3) is 0 Å². The first-order valence-corrected chi connectivity index (χ1v) is 8.49. The minimum Gasteiger partial charge on any atom is -0.446 e. The fourth-order valence-electron chi connectivity index (χ4n) is 3.23.